The van der Waals surface area contributed by atoms with Crippen LogP contribution in [-0.2, 0) is 16.1 Å². The molecule has 0 unspecified atom stereocenters. The van der Waals surface area contributed by atoms with Crippen molar-refractivity contribution in [1.29, 1.82) is 0 Å². The number of alkyl carbamates (subject to hydrolysis) is 1. The molecule has 2 N–H and O–H groups in total. The largest absolute Gasteiger partial charge is 0.447 e. The molecule has 2 atom stereocenters. The normalized spacial score (nSPS) is 23.5. The molecule has 1 saturated heterocycles. The molecule has 1 fully saturated rings. The fraction of sp³-hybridized carbons (Fsp3) is 0.462. The van der Waals surface area contributed by atoms with E-state index in [-0.39, 0.29) is 6.61 Å². The molecular formula is C13H14F3NO4. The first-order chi connectivity index (χ1) is 9.89. The third kappa shape index (κ3) is 3.11. The minimum Gasteiger partial charge on any atom is -0.447 e. The van der Waals surface area contributed by atoms with E-state index in [1.54, 1.807) is 35.6 Å². The Labute approximate surface area is 118 Å². The average molecular weight is 305 g/mol. The number of carbonyl (C=O) groups is 1. The molecule has 8 heteroatoms. The van der Waals surface area contributed by atoms with E-state index < -0.39 is 37.1 Å². The minimum atomic E-state index is -4.82. The Morgan fingerprint density at radius 3 is 2.52 bits per heavy atom. The quantitative estimate of drug-likeness (QED) is 0.867. The summed E-state index contributed by atoms with van der Waals surface area (Å²) in [5, 5.41) is 11.0. The molecule has 2 rings (SSSR count). The Balaban J connectivity index is 2.15. The van der Waals surface area contributed by atoms with Crippen LogP contribution >= 0.6 is 0 Å². The van der Waals surface area contributed by atoms with E-state index in [1.165, 1.54) is 0 Å². The van der Waals surface area contributed by atoms with Crippen molar-refractivity contribution >= 4 is 6.09 Å². The van der Waals surface area contributed by atoms with Gasteiger partial charge in [-0.15, -0.1) is 0 Å². The SMILES string of the molecule is O=C1N[C@@]([C@@H](CO)OCc2ccccc2)(C(F)(F)F)CO1. The molecule has 21 heavy (non-hydrogen) atoms. The molecule has 116 valence electrons. The molecule has 0 aromatic heterocycles. The van der Waals surface area contributed by atoms with Crippen molar-refractivity contribution in [3.8, 4) is 0 Å². The number of aliphatic hydroxyl groups is 1. The van der Waals surface area contributed by atoms with Crippen LogP contribution in [0, 0.1) is 0 Å². The van der Waals surface area contributed by atoms with E-state index in [1.807, 2.05) is 0 Å². The lowest BCUT2D eigenvalue weighted by molar-refractivity contribution is -0.232. The first-order valence-electron chi connectivity index (χ1n) is 6.17. The molecule has 5 nitrogen and oxygen atoms in total. The number of amides is 1. The van der Waals surface area contributed by atoms with Gasteiger partial charge in [0.15, 0.2) is 0 Å². The van der Waals surface area contributed by atoms with Crippen molar-refractivity contribution < 1.29 is 32.5 Å². The van der Waals surface area contributed by atoms with E-state index in [4.69, 9.17) is 4.74 Å². The topological polar surface area (TPSA) is 67.8 Å². The van der Waals surface area contributed by atoms with Crippen LogP contribution in [-0.4, -0.2) is 42.2 Å². The Morgan fingerprint density at radius 2 is 2.05 bits per heavy atom. The number of alkyl halides is 3. The summed E-state index contributed by atoms with van der Waals surface area (Å²) in [5.41, 5.74) is -2.09. The van der Waals surface area contributed by atoms with Gasteiger partial charge in [-0.25, -0.2) is 4.79 Å². The Hall–Kier alpha value is -1.80. The molecule has 1 aliphatic rings. The Kier molecular flexibility index (Phi) is 4.38. The van der Waals surface area contributed by atoms with Crippen LogP contribution in [0.25, 0.3) is 0 Å². The van der Waals surface area contributed by atoms with E-state index in [9.17, 15) is 23.1 Å². The summed E-state index contributed by atoms with van der Waals surface area (Å²) in [6.45, 7) is -1.97. The van der Waals surface area contributed by atoms with Crippen molar-refractivity contribution in [3.05, 3.63) is 35.9 Å². The van der Waals surface area contributed by atoms with Gasteiger partial charge in [-0.2, -0.15) is 13.2 Å². The second-order valence-corrected chi connectivity index (χ2v) is 4.64. The molecule has 1 aliphatic heterocycles. The summed E-state index contributed by atoms with van der Waals surface area (Å²) in [7, 11) is 0. The van der Waals surface area contributed by atoms with Gasteiger partial charge in [-0.05, 0) is 5.56 Å². The molecule has 0 bridgehead atoms. The second-order valence-electron chi connectivity index (χ2n) is 4.64. The molecule has 0 saturated carbocycles. The van der Waals surface area contributed by atoms with Gasteiger partial charge in [0.25, 0.3) is 0 Å². The predicted molar refractivity (Wildman–Crippen MR) is 65.4 cm³/mol. The fourth-order valence-electron chi connectivity index (χ4n) is 2.06. The Bertz CT molecular complexity index is 494. The zero-order chi connectivity index (χ0) is 15.5. The average Bonchev–Trinajstić information content (AvgIpc) is 2.84. The summed E-state index contributed by atoms with van der Waals surface area (Å²) in [5.74, 6) is 0. The van der Waals surface area contributed by atoms with Crippen molar-refractivity contribution in [2.45, 2.75) is 24.4 Å². The lowest BCUT2D eigenvalue weighted by Crippen LogP contribution is -2.65. The number of ether oxygens (including phenoxy) is 2. The molecule has 1 heterocycles. The number of cyclic esters (lactones) is 1. The van der Waals surface area contributed by atoms with Gasteiger partial charge >= 0.3 is 12.3 Å². The summed E-state index contributed by atoms with van der Waals surface area (Å²) in [4.78, 5) is 11.0. The monoisotopic (exact) mass is 305 g/mol. The number of aliphatic hydroxyl groups excluding tert-OH is 1. The van der Waals surface area contributed by atoms with Gasteiger partial charge in [-0.1, -0.05) is 30.3 Å². The molecule has 0 radical (unpaired) electrons. The molecule has 0 spiro atoms. The number of hydrogen-bond donors (Lipinski definition) is 2. The molecule has 1 aromatic carbocycles. The highest BCUT2D eigenvalue weighted by atomic mass is 19.4. The smallest absolute Gasteiger partial charge is 0.417 e. The zero-order valence-corrected chi connectivity index (χ0v) is 10.9. The number of hydrogen-bond acceptors (Lipinski definition) is 4. The van der Waals surface area contributed by atoms with Crippen LogP contribution in [0.2, 0.25) is 0 Å². The van der Waals surface area contributed by atoms with Crippen LogP contribution in [0.3, 0.4) is 0 Å². The van der Waals surface area contributed by atoms with Crippen molar-refractivity contribution in [3.63, 3.8) is 0 Å². The first-order valence-corrected chi connectivity index (χ1v) is 6.17. The van der Waals surface area contributed by atoms with Crippen molar-refractivity contribution in [2.75, 3.05) is 13.2 Å². The van der Waals surface area contributed by atoms with Gasteiger partial charge in [-0.3, -0.25) is 0 Å². The third-order valence-corrected chi connectivity index (χ3v) is 3.27. The van der Waals surface area contributed by atoms with Gasteiger partial charge in [0.05, 0.1) is 13.2 Å². The van der Waals surface area contributed by atoms with Gasteiger partial charge < -0.3 is 19.9 Å². The number of benzene rings is 1. The molecular weight excluding hydrogens is 291 g/mol. The number of rotatable bonds is 5. The molecule has 0 aliphatic carbocycles. The highest BCUT2D eigenvalue weighted by molar-refractivity contribution is 5.71. The zero-order valence-electron chi connectivity index (χ0n) is 10.9. The maximum Gasteiger partial charge on any atom is 0.417 e. The van der Waals surface area contributed by atoms with E-state index >= 15 is 0 Å². The van der Waals surface area contributed by atoms with Crippen LogP contribution in [0.4, 0.5) is 18.0 Å². The highest BCUT2D eigenvalue weighted by Gasteiger charge is 2.65. The van der Waals surface area contributed by atoms with E-state index in [2.05, 4.69) is 4.74 Å². The lowest BCUT2D eigenvalue weighted by Gasteiger charge is -2.35. The van der Waals surface area contributed by atoms with E-state index in [0.29, 0.717) is 5.56 Å². The van der Waals surface area contributed by atoms with Crippen LogP contribution in [0.5, 0.6) is 0 Å². The van der Waals surface area contributed by atoms with Gasteiger partial charge in [0.2, 0.25) is 5.54 Å². The maximum atomic E-state index is 13.3. The summed E-state index contributed by atoms with van der Waals surface area (Å²) < 4.78 is 49.3. The van der Waals surface area contributed by atoms with Gasteiger partial charge in [0.1, 0.15) is 12.7 Å². The number of carbonyl (C=O) groups excluding carboxylic acids is 1. The Morgan fingerprint density at radius 1 is 1.38 bits per heavy atom. The van der Waals surface area contributed by atoms with Crippen molar-refractivity contribution in [2.24, 2.45) is 0 Å². The number of halogens is 3. The standard InChI is InChI=1S/C13H14F3NO4/c14-13(15,16)12(8-21-11(19)17-12)10(6-18)20-7-9-4-2-1-3-5-9/h1-5,10,18H,6-8H2,(H,17,19)/t10-,12+/m1/s1. The lowest BCUT2D eigenvalue weighted by atomic mass is 9.93. The summed E-state index contributed by atoms with van der Waals surface area (Å²) in [6, 6.07) is 8.55. The maximum absolute atomic E-state index is 13.3. The molecule has 1 amide bonds. The fourth-order valence-corrected chi connectivity index (χ4v) is 2.06. The van der Waals surface area contributed by atoms with Crippen LogP contribution in [0.15, 0.2) is 30.3 Å². The first kappa shape index (κ1) is 15.6. The summed E-state index contributed by atoms with van der Waals surface area (Å²) >= 11 is 0. The van der Waals surface area contributed by atoms with E-state index in [0.717, 1.165) is 0 Å². The second kappa shape index (κ2) is 5.90. The van der Waals surface area contributed by atoms with Crippen LogP contribution in [0.1, 0.15) is 5.56 Å². The van der Waals surface area contributed by atoms with Crippen LogP contribution < -0.4 is 5.32 Å². The number of nitrogens with one attached hydrogen (secondary N) is 1. The molecule has 1 aromatic rings. The summed E-state index contributed by atoms with van der Waals surface area (Å²) in [6.07, 6.45) is -7.67. The third-order valence-electron chi connectivity index (χ3n) is 3.27. The predicted octanol–water partition coefficient (Wildman–Crippen LogP) is 1.60. The highest BCUT2D eigenvalue weighted by Crippen LogP contribution is 2.37. The minimum absolute atomic E-state index is 0.125. The van der Waals surface area contributed by atoms with Crippen molar-refractivity contribution in [1.82, 2.24) is 5.32 Å². The van der Waals surface area contributed by atoms with Gasteiger partial charge in [0, 0.05) is 0 Å².